The van der Waals surface area contributed by atoms with Crippen LogP contribution in [0.25, 0.3) is 0 Å². The molecule has 3 rings (SSSR count). The Hall–Kier alpha value is -1.73. The number of carbonyl (C=O) groups is 3. The van der Waals surface area contributed by atoms with E-state index >= 15 is 0 Å². The molecule has 122 valence electrons. The molecule has 0 aromatic heterocycles. The van der Waals surface area contributed by atoms with Crippen molar-refractivity contribution in [2.45, 2.75) is 36.2 Å². The lowest BCUT2D eigenvalue weighted by Gasteiger charge is -2.26. The van der Waals surface area contributed by atoms with Gasteiger partial charge in [-0.2, -0.15) is 0 Å². The second-order valence-corrected chi connectivity index (χ2v) is 7.07. The number of thioether (sulfide) groups is 1. The van der Waals surface area contributed by atoms with Crippen LogP contribution in [-0.2, 0) is 9.59 Å². The number of rotatable bonds is 4. The summed E-state index contributed by atoms with van der Waals surface area (Å²) in [6.07, 6.45) is 1.30. The van der Waals surface area contributed by atoms with Gasteiger partial charge in [0, 0.05) is 22.1 Å². The van der Waals surface area contributed by atoms with Crippen molar-refractivity contribution in [3.8, 4) is 0 Å². The van der Waals surface area contributed by atoms with Crippen molar-refractivity contribution in [3.05, 3.63) is 28.8 Å². The standard InChI is InChI=1S/C15H16ClN3O3S/c16-8-1-3-12-9(7-8)10(5-6-23-12)17-13(20)4-2-11-14(21)19-15(22)18-11/h1,3,7,10-11H,2,4-6H2,(H,17,20)(H2,18,19,21,22)/t10-,11+/m1/s1. The van der Waals surface area contributed by atoms with E-state index < -0.39 is 12.1 Å². The lowest BCUT2D eigenvalue weighted by atomic mass is 10.0. The summed E-state index contributed by atoms with van der Waals surface area (Å²) < 4.78 is 0. The highest BCUT2D eigenvalue weighted by Crippen LogP contribution is 2.37. The Balaban J connectivity index is 1.58. The van der Waals surface area contributed by atoms with E-state index in [1.54, 1.807) is 11.8 Å². The van der Waals surface area contributed by atoms with Gasteiger partial charge in [0.25, 0.3) is 5.91 Å². The van der Waals surface area contributed by atoms with Gasteiger partial charge in [0.1, 0.15) is 6.04 Å². The maximum absolute atomic E-state index is 12.2. The van der Waals surface area contributed by atoms with Gasteiger partial charge < -0.3 is 10.6 Å². The SMILES string of the molecule is O=C(CC[C@@H]1NC(=O)NC1=O)N[C@@H]1CCSc2ccc(Cl)cc21. The van der Waals surface area contributed by atoms with Crippen LogP contribution in [0.2, 0.25) is 5.02 Å². The summed E-state index contributed by atoms with van der Waals surface area (Å²) in [5, 5.41) is 8.28. The molecule has 0 aliphatic carbocycles. The monoisotopic (exact) mass is 353 g/mol. The Morgan fingerprint density at radius 3 is 2.96 bits per heavy atom. The first-order valence-corrected chi connectivity index (χ1v) is 8.72. The Kier molecular flexibility index (Phi) is 4.77. The zero-order valence-corrected chi connectivity index (χ0v) is 13.8. The zero-order chi connectivity index (χ0) is 16.4. The molecule has 0 radical (unpaired) electrons. The summed E-state index contributed by atoms with van der Waals surface area (Å²) >= 11 is 7.80. The fraction of sp³-hybridized carbons (Fsp3) is 0.400. The molecule has 3 N–H and O–H groups in total. The maximum Gasteiger partial charge on any atom is 0.322 e. The normalized spacial score (nSPS) is 23.0. The van der Waals surface area contributed by atoms with E-state index in [1.165, 1.54) is 0 Å². The van der Waals surface area contributed by atoms with Crippen molar-refractivity contribution in [3.63, 3.8) is 0 Å². The highest BCUT2D eigenvalue weighted by Gasteiger charge is 2.30. The molecule has 1 saturated heterocycles. The Labute approximate surface area is 142 Å². The molecule has 0 saturated carbocycles. The molecule has 1 aromatic carbocycles. The van der Waals surface area contributed by atoms with Crippen LogP contribution >= 0.6 is 23.4 Å². The van der Waals surface area contributed by atoms with Gasteiger partial charge in [-0.05, 0) is 36.6 Å². The van der Waals surface area contributed by atoms with Gasteiger partial charge in [-0.25, -0.2) is 4.79 Å². The number of hydrogen-bond acceptors (Lipinski definition) is 4. The molecule has 23 heavy (non-hydrogen) atoms. The van der Waals surface area contributed by atoms with Crippen LogP contribution in [0, 0.1) is 0 Å². The molecule has 0 spiro atoms. The van der Waals surface area contributed by atoms with Crippen LogP contribution in [-0.4, -0.2) is 29.6 Å². The molecule has 8 heteroatoms. The molecule has 0 unspecified atom stereocenters. The summed E-state index contributed by atoms with van der Waals surface area (Å²) in [5.41, 5.74) is 1.04. The molecule has 1 aromatic rings. The molecule has 0 bridgehead atoms. The predicted octanol–water partition coefficient (Wildman–Crippen LogP) is 1.98. The van der Waals surface area contributed by atoms with Crippen molar-refractivity contribution >= 4 is 41.2 Å². The molecule has 4 amide bonds. The van der Waals surface area contributed by atoms with Crippen molar-refractivity contribution in [1.29, 1.82) is 0 Å². The first kappa shape index (κ1) is 16.1. The Morgan fingerprint density at radius 1 is 1.39 bits per heavy atom. The van der Waals surface area contributed by atoms with E-state index in [2.05, 4.69) is 16.0 Å². The smallest absolute Gasteiger partial charge is 0.322 e. The van der Waals surface area contributed by atoms with Gasteiger partial charge in [0.05, 0.1) is 6.04 Å². The highest BCUT2D eigenvalue weighted by molar-refractivity contribution is 7.99. The van der Waals surface area contributed by atoms with Crippen LogP contribution in [0.4, 0.5) is 4.79 Å². The third kappa shape index (κ3) is 3.79. The van der Waals surface area contributed by atoms with Gasteiger partial charge in [-0.3, -0.25) is 14.9 Å². The molecule has 2 aliphatic heterocycles. The van der Waals surface area contributed by atoms with E-state index in [-0.39, 0.29) is 30.7 Å². The van der Waals surface area contributed by atoms with E-state index in [0.717, 1.165) is 22.6 Å². The van der Waals surface area contributed by atoms with Gasteiger partial charge in [0.15, 0.2) is 0 Å². The minimum atomic E-state index is -0.628. The first-order chi connectivity index (χ1) is 11.0. The number of amides is 4. The second-order valence-electron chi connectivity index (χ2n) is 5.49. The van der Waals surface area contributed by atoms with Crippen molar-refractivity contribution < 1.29 is 14.4 Å². The van der Waals surface area contributed by atoms with E-state index in [1.807, 2.05) is 18.2 Å². The molecule has 2 aliphatic rings. The van der Waals surface area contributed by atoms with Crippen LogP contribution in [0.3, 0.4) is 0 Å². The molecular formula is C15H16ClN3O3S. The molecule has 6 nitrogen and oxygen atoms in total. The third-order valence-corrected chi connectivity index (χ3v) is 5.22. The lowest BCUT2D eigenvalue weighted by Crippen LogP contribution is -2.34. The van der Waals surface area contributed by atoms with Gasteiger partial charge in [0.2, 0.25) is 5.91 Å². The molecule has 2 heterocycles. The average Bonchev–Trinajstić information content (AvgIpc) is 2.84. The number of urea groups is 1. The Bertz CT molecular complexity index is 667. The van der Waals surface area contributed by atoms with Gasteiger partial charge >= 0.3 is 6.03 Å². The Morgan fingerprint density at radius 2 is 2.22 bits per heavy atom. The number of fused-ring (bicyclic) bond motifs is 1. The first-order valence-electron chi connectivity index (χ1n) is 7.36. The molecular weight excluding hydrogens is 338 g/mol. The van der Waals surface area contributed by atoms with Crippen LogP contribution < -0.4 is 16.0 Å². The fourth-order valence-corrected chi connectivity index (χ4v) is 4.01. The molecule has 2 atom stereocenters. The topological polar surface area (TPSA) is 87.3 Å². The summed E-state index contributed by atoms with van der Waals surface area (Å²) in [6, 6.07) is 4.51. The van der Waals surface area contributed by atoms with E-state index in [9.17, 15) is 14.4 Å². The quantitative estimate of drug-likeness (QED) is 0.722. The van der Waals surface area contributed by atoms with Gasteiger partial charge in [-0.15, -0.1) is 11.8 Å². The number of nitrogens with one attached hydrogen (secondary N) is 3. The van der Waals surface area contributed by atoms with Crippen LogP contribution in [0.1, 0.15) is 30.9 Å². The number of carbonyl (C=O) groups excluding carboxylic acids is 3. The lowest BCUT2D eigenvalue weighted by molar-refractivity contribution is -0.122. The fourth-order valence-electron chi connectivity index (χ4n) is 2.72. The zero-order valence-electron chi connectivity index (χ0n) is 12.2. The number of benzene rings is 1. The van der Waals surface area contributed by atoms with Crippen molar-refractivity contribution in [2.75, 3.05) is 5.75 Å². The van der Waals surface area contributed by atoms with Gasteiger partial charge in [-0.1, -0.05) is 11.6 Å². The largest absolute Gasteiger partial charge is 0.349 e. The van der Waals surface area contributed by atoms with Crippen molar-refractivity contribution in [1.82, 2.24) is 16.0 Å². The predicted molar refractivity (Wildman–Crippen MR) is 87.4 cm³/mol. The minimum Gasteiger partial charge on any atom is -0.349 e. The minimum absolute atomic E-state index is 0.0653. The summed E-state index contributed by atoms with van der Waals surface area (Å²) in [6.45, 7) is 0. The average molecular weight is 354 g/mol. The number of imide groups is 1. The van der Waals surface area contributed by atoms with E-state index in [4.69, 9.17) is 11.6 Å². The van der Waals surface area contributed by atoms with Crippen molar-refractivity contribution in [2.24, 2.45) is 0 Å². The summed E-state index contributed by atoms with van der Waals surface area (Å²) in [5.74, 6) is 0.413. The second kappa shape index (κ2) is 6.80. The van der Waals surface area contributed by atoms with E-state index in [0.29, 0.717) is 5.02 Å². The number of hydrogen-bond donors (Lipinski definition) is 3. The summed E-state index contributed by atoms with van der Waals surface area (Å²) in [7, 11) is 0. The van der Waals surface area contributed by atoms with Crippen LogP contribution in [0.5, 0.6) is 0 Å². The number of halogens is 1. The third-order valence-electron chi connectivity index (χ3n) is 3.87. The van der Waals surface area contributed by atoms with Crippen LogP contribution in [0.15, 0.2) is 23.1 Å². The highest BCUT2D eigenvalue weighted by atomic mass is 35.5. The molecule has 1 fully saturated rings. The maximum atomic E-state index is 12.2. The summed E-state index contributed by atoms with van der Waals surface area (Å²) in [4.78, 5) is 35.8.